The van der Waals surface area contributed by atoms with Crippen molar-refractivity contribution in [2.45, 2.75) is 32.9 Å². The molecule has 19 heavy (non-hydrogen) atoms. The number of ether oxygens (including phenoxy) is 3. The summed E-state index contributed by atoms with van der Waals surface area (Å²) in [5.41, 5.74) is 1.12. The van der Waals surface area contributed by atoms with Crippen molar-refractivity contribution in [3.05, 3.63) is 23.8 Å². The molecule has 0 aliphatic carbocycles. The van der Waals surface area contributed by atoms with Crippen molar-refractivity contribution < 1.29 is 14.2 Å². The third-order valence-corrected chi connectivity index (χ3v) is 2.72. The van der Waals surface area contributed by atoms with Gasteiger partial charge in [0.2, 0.25) is 0 Å². The molecule has 0 saturated heterocycles. The Bertz CT molecular complexity index is 366. The third-order valence-electron chi connectivity index (χ3n) is 2.72. The molecule has 1 N–H and O–H groups in total. The molecule has 0 aromatic heterocycles. The molecular weight excluding hydrogens is 242 g/mol. The average Bonchev–Trinajstić information content (AvgIpc) is 2.42. The number of methoxy groups -OCH3 is 2. The van der Waals surface area contributed by atoms with Crippen LogP contribution < -0.4 is 14.8 Å². The van der Waals surface area contributed by atoms with E-state index in [9.17, 15) is 0 Å². The Labute approximate surface area is 116 Å². The Morgan fingerprint density at radius 2 is 1.95 bits per heavy atom. The van der Waals surface area contributed by atoms with Crippen LogP contribution in [0.5, 0.6) is 11.5 Å². The van der Waals surface area contributed by atoms with E-state index in [1.807, 2.05) is 18.2 Å². The van der Waals surface area contributed by atoms with Gasteiger partial charge in [-0.3, -0.25) is 0 Å². The second-order valence-electron chi connectivity index (χ2n) is 4.70. The molecule has 0 heterocycles. The number of hydrogen-bond acceptors (Lipinski definition) is 4. The van der Waals surface area contributed by atoms with E-state index in [-0.39, 0.29) is 0 Å². The highest BCUT2D eigenvalue weighted by Crippen LogP contribution is 2.24. The van der Waals surface area contributed by atoms with E-state index in [0.29, 0.717) is 12.6 Å². The molecule has 4 heteroatoms. The van der Waals surface area contributed by atoms with E-state index in [2.05, 4.69) is 19.2 Å². The monoisotopic (exact) mass is 267 g/mol. The molecule has 0 unspecified atom stereocenters. The van der Waals surface area contributed by atoms with Crippen molar-refractivity contribution in [3.63, 3.8) is 0 Å². The van der Waals surface area contributed by atoms with Crippen LogP contribution in [-0.2, 0) is 11.3 Å². The van der Waals surface area contributed by atoms with Crippen molar-refractivity contribution in [2.75, 3.05) is 27.4 Å². The summed E-state index contributed by atoms with van der Waals surface area (Å²) in [5, 5.41) is 3.39. The Morgan fingerprint density at radius 3 is 2.58 bits per heavy atom. The Balaban J connectivity index is 2.65. The van der Waals surface area contributed by atoms with Crippen LogP contribution in [0.2, 0.25) is 0 Å². The van der Waals surface area contributed by atoms with E-state index in [1.54, 1.807) is 14.2 Å². The summed E-state index contributed by atoms with van der Waals surface area (Å²) in [6.07, 6.45) is 0.888. The maximum absolute atomic E-state index is 5.80. The molecule has 108 valence electrons. The van der Waals surface area contributed by atoms with Crippen LogP contribution in [-0.4, -0.2) is 33.5 Å². The first-order chi connectivity index (χ1) is 9.17. The normalized spacial score (nSPS) is 10.8. The molecule has 1 aromatic rings. The van der Waals surface area contributed by atoms with E-state index in [1.165, 1.54) is 0 Å². The first-order valence-corrected chi connectivity index (χ1v) is 6.69. The zero-order valence-electron chi connectivity index (χ0n) is 12.4. The average molecular weight is 267 g/mol. The lowest BCUT2D eigenvalue weighted by molar-refractivity contribution is 0.171. The molecule has 0 spiro atoms. The minimum Gasteiger partial charge on any atom is -0.497 e. The summed E-state index contributed by atoms with van der Waals surface area (Å²) >= 11 is 0. The fraction of sp³-hybridized carbons (Fsp3) is 0.600. The van der Waals surface area contributed by atoms with Gasteiger partial charge in [-0.05, 0) is 18.2 Å². The Morgan fingerprint density at radius 1 is 1.16 bits per heavy atom. The highest BCUT2D eigenvalue weighted by atomic mass is 16.5. The number of hydrogen-bond donors (Lipinski definition) is 1. The lowest BCUT2D eigenvalue weighted by Gasteiger charge is -2.15. The predicted molar refractivity (Wildman–Crippen MR) is 77.0 cm³/mol. The molecule has 0 saturated carbocycles. The second kappa shape index (κ2) is 8.77. The highest BCUT2D eigenvalue weighted by molar-refractivity contribution is 5.40. The number of rotatable bonds is 9. The van der Waals surface area contributed by atoms with Crippen molar-refractivity contribution in [3.8, 4) is 11.5 Å². The van der Waals surface area contributed by atoms with Gasteiger partial charge in [-0.25, -0.2) is 0 Å². The maximum Gasteiger partial charge on any atom is 0.124 e. The van der Waals surface area contributed by atoms with Crippen LogP contribution in [0.4, 0.5) is 0 Å². The van der Waals surface area contributed by atoms with Crippen LogP contribution in [0, 0.1) is 0 Å². The van der Waals surface area contributed by atoms with Gasteiger partial charge in [0.05, 0.1) is 13.7 Å². The van der Waals surface area contributed by atoms with Gasteiger partial charge in [-0.15, -0.1) is 0 Å². The molecule has 1 aromatic carbocycles. The third kappa shape index (κ3) is 5.94. The van der Waals surface area contributed by atoms with Crippen molar-refractivity contribution in [2.24, 2.45) is 0 Å². The minimum absolute atomic E-state index is 0.438. The Kier molecular flexibility index (Phi) is 7.30. The summed E-state index contributed by atoms with van der Waals surface area (Å²) in [5.74, 6) is 1.76. The van der Waals surface area contributed by atoms with Gasteiger partial charge in [0, 0.05) is 38.3 Å². The van der Waals surface area contributed by atoms with Gasteiger partial charge < -0.3 is 19.5 Å². The molecule has 0 fully saturated rings. The summed E-state index contributed by atoms with van der Waals surface area (Å²) in [6, 6.07) is 6.33. The van der Waals surface area contributed by atoms with Gasteiger partial charge in [-0.2, -0.15) is 0 Å². The number of nitrogens with one attached hydrogen (secondary N) is 1. The predicted octanol–water partition coefficient (Wildman–Crippen LogP) is 2.61. The standard InChI is InChI=1S/C15H25NO3/c1-12(2)16-11-13-10-14(18-4)6-7-15(13)19-9-5-8-17-3/h6-7,10,12,16H,5,8-9,11H2,1-4H3. The molecule has 0 radical (unpaired) electrons. The van der Waals surface area contributed by atoms with Gasteiger partial charge in [0.25, 0.3) is 0 Å². The van der Waals surface area contributed by atoms with Crippen LogP contribution in [0.1, 0.15) is 25.8 Å². The molecule has 4 nitrogen and oxygen atoms in total. The van der Waals surface area contributed by atoms with Crippen molar-refractivity contribution >= 4 is 0 Å². The van der Waals surface area contributed by atoms with Crippen LogP contribution in [0.3, 0.4) is 0 Å². The van der Waals surface area contributed by atoms with Crippen LogP contribution >= 0.6 is 0 Å². The summed E-state index contributed by atoms with van der Waals surface area (Å²) < 4.78 is 16.1. The fourth-order valence-electron chi connectivity index (χ4n) is 1.66. The summed E-state index contributed by atoms with van der Waals surface area (Å²) in [4.78, 5) is 0. The van der Waals surface area contributed by atoms with Gasteiger partial charge in [-0.1, -0.05) is 13.8 Å². The molecular formula is C15H25NO3. The Hall–Kier alpha value is -1.26. The molecule has 1 rings (SSSR count). The molecule has 0 aliphatic rings. The molecule has 0 atom stereocenters. The van der Waals surface area contributed by atoms with E-state index < -0.39 is 0 Å². The van der Waals surface area contributed by atoms with E-state index in [0.717, 1.165) is 36.6 Å². The topological polar surface area (TPSA) is 39.7 Å². The smallest absolute Gasteiger partial charge is 0.124 e. The number of benzene rings is 1. The van der Waals surface area contributed by atoms with Crippen LogP contribution in [0.15, 0.2) is 18.2 Å². The maximum atomic E-state index is 5.80. The first-order valence-electron chi connectivity index (χ1n) is 6.69. The lowest BCUT2D eigenvalue weighted by atomic mass is 10.1. The molecule has 0 aliphatic heterocycles. The van der Waals surface area contributed by atoms with Gasteiger partial charge in [0.1, 0.15) is 11.5 Å². The fourth-order valence-corrected chi connectivity index (χ4v) is 1.66. The quantitative estimate of drug-likeness (QED) is 0.698. The summed E-state index contributed by atoms with van der Waals surface area (Å²) in [7, 11) is 3.37. The summed E-state index contributed by atoms with van der Waals surface area (Å²) in [6.45, 7) is 6.40. The van der Waals surface area contributed by atoms with Gasteiger partial charge in [0.15, 0.2) is 0 Å². The zero-order valence-corrected chi connectivity index (χ0v) is 12.4. The second-order valence-corrected chi connectivity index (χ2v) is 4.70. The minimum atomic E-state index is 0.438. The highest BCUT2D eigenvalue weighted by Gasteiger charge is 2.06. The largest absolute Gasteiger partial charge is 0.497 e. The SMILES string of the molecule is COCCCOc1ccc(OC)cc1CNC(C)C. The van der Waals surface area contributed by atoms with E-state index >= 15 is 0 Å². The van der Waals surface area contributed by atoms with Gasteiger partial charge >= 0.3 is 0 Å². The first kappa shape index (κ1) is 15.8. The van der Waals surface area contributed by atoms with Crippen molar-refractivity contribution in [1.29, 1.82) is 0 Å². The van der Waals surface area contributed by atoms with Crippen LogP contribution in [0.25, 0.3) is 0 Å². The zero-order chi connectivity index (χ0) is 14.1. The lowest BCUT2D eigenvalue weighted by Crippen LogP contribution is -2.22. The van der Waals surface area contributed by atoms with E-state index in [4.69, 9.17) is 14.2 Å². The molecule has 0 bridgehead atoms. The molecule has 0 amide bonds. The van der Waals surface area contributed by atoms with Crippen molar-refractivity contribution in [1.82, 2.24) is 5.32 Å².